The first kappa shape index (κ1) is 13.2. The van der Waals surface area contributed by atoms with Crippen molar-refractivity contribution in [1.82, 2.24) is 4.98 Å². The molecule has 1 heterocycles. The molecule has 0 radical (unpaired) electrons. The van der Waals surface area contributed by atoms with Crippen LogP contribution in [-0.4, -0.2) is 4.98 Å². The second-order valence-corrected chi connectivity index (χ2v) is 6.73. The molecule has 3 rings (SSSR count). The van der Waals surface area contributed by atoms with E-state index >= 15 is 0 Å². The third-order valence-corrected chi connectivity index (χ3v) is 4.34. The van der Waals surface area contributed by atoms with Gasteiger partial charge in [-0.2, -0.15) is 0 Å². The summed E-state index contributed by atoms with van der Waals surface area (Å²) in [5.41, 5.74) is 1.78. The van der Waals surface area contributed by atoms with Gasteiger partial charge in [-0.15, -0.1) is 0 Å². The van der Waals surface area contributed by atoms with Crippen molar-refractivity contribution in [3.05, 3.63) is 50.9 Å². The monoisotopic (exact) mass is 372 g/mol. The lowest BCUT2D eigenvalue weighted by molar-refractivity contribution is 1.44. The van der Waals surface area contributed by atoms with Gasteiger partial charge in [-0.25, -0.2) is 4.98 Å². The highest BCUT2D eigenvalue weighted by molar-refractivity contribution is 9.10. The van der Waals surface area contributed by atoms with Crippen molar-refractivity contribution in [2.45, 2.75) is 0 Å². The first-order chi connectivity index (χ1) is 9.10. The van der Waals surface area contributed by atoms with Crippen molar-refractivity contribution in [2.75, 3.05) is 5.32 Å². The highest BCUT2D eigenvalue weighted by Gasteiger charge is 2.05. The van der Waals surface area contributed by atoms with Crippen LogP contribution in [0.4, 0.5) is 10.8 Å². The molecule has 0 aliphatic heterocycles. The Labute approximate surface area is 132 Å². The zero-order valence-corrected chi connectivity index (χ0v) is 13.4. The van der Waals surface area contributed by atoms with Gasteiger partial charge in [0.25, 0.3) is 0 Å². The largest absolute Gasteiger partial charge is 0.331 e. The van der Waals surface area contributed by atoms with Crippen LogP contribution in [0.3, 0.4) is 0 Å². The quantitative estimate of drug-likeness (QED) is 0.586. The van der Waals surface area contributed by atoms with Gasteiger partial charge >= 0.3 is 0 Å². The van der Waals surface area contributed by atoms with Gasteiger partial charge in [0.2, 0.25) is 0 Å². The molecule has 0 amide bonds. The summed E-state index contributed by atoms with van der Waals surface area (Å²) in [6, 6.07) is 11.4. The Balaban J connectivity index is 1.96. The molecule has 0 fully saturated rings. The molecule has 1 aromatic heterocycles. The summed E-state index contributed by atoms with van der Waals surface area (Å²) in [5.74, 6) is 0. The van der Waals surface area contributed by atoms with Crippen molar-refractivity contribution in [1.29, 1.82) is 0 Å². The van der Waals surface area contributed by atoms with E-state index in [4.69, 9.17) is 23.2 Å². The Kier molecular flexibility index (Phi) is 3.67. The maximum Gasteiger partial charge on any atom is 0.188 e. The van der Waals surface area contributed by atoms with E-state index in [2.05, 4.69) is 26.2 Å². The van der Waals surface area contributed by atoms with Gasteiger partial charge in [0.1, 0.15) is 0 Å². The Morgan fingerprint density at radius 2 is 1.79 bits per heavy atom. The molecule has 2 nitrogen and oxygen atoms in total. The smallest absolute Gasteiger partial charge is 0.188 e. The standard InChI is InChI=1S/C13H7BrCl2N2S/c14-7-1-2-12-11(3-7)18-13(19-12)17-10-5-8(15)4-9(16)6-10/h1-6H,(H,17,18). The summed E-state index contributed by atoms with van der Waals surface area (Å²) in [4.78, 5) is 4.52. The minimum Gasteiger partial charge on any atom is -0.331 e. The highest BCUT2D eigenvalue weighted by atomic mass is 79.9. The van der Waals surface area contributed by atoms with E-state index in [9.17, 15) is 0 Å². The number of fused-ring (bicyclic) bond motifs is 1. The number of nitrogens with zero attached hydrogens (tertiary/aromatic N) is 1. The SMILES string of the molecule is Clc1cc(Cl)cc(Nc2nc3cc(Br)ccc3s2)c1. The Bertz CT molecular complexity index is 737. The predicted molar refractivity (Wildman–Crippen MR) is 87.1 cm³/mol. The van der Waals surface area contributed by atoms with E-state index in [-0.39, 0.29) is 0 Å². The molecule has 6 heteroatoms. The van der Waals surface area contributed by atoms with Gasteiger partial charge in [-0.1, -0.05) is 50.5 Å². The first-order valence-electron chi connectivity index (χ1n) is 5.39. The molecule has 2 aromatic carbocycles. The van der Waals surface area contributed by atoms with Crippen molar-refractivity contribution in [3.8, 4) is 0 Å². The molecule has 96 valence electrons. The van der Waals surface area contributed by atoms with E-state index in [0.29, 0.717) is 10.0 Å². The molecule has 0 spiro atoms. The molecule has 1 N–H and O–H groups in total. The molecule has 0 saturated heterocycles. The maximum atomic E-state index is 5.97. The van der Waals surface area contributed by atoms with E-state index in [1.54, 1.807) is 17.4 Å². The number of benzene rings is 2. The number of rotatable bonds is 2. The fourth-order valence-corrected chi connectivity index (χ4v) is 3.44. The van der Waals surface area contributed by atoms with Gasteiger partial charge in [-0.05, 0) is 36.4 Å². The third kappa shape index (κ3) is 3.03. The van der Waals surface area contributed by atoms with Crippen LogP contribution in [0.15, 0.2) is 40.9 Å². The van der Waals surface area contributed by atoms with E-state index in [1.165, 1.54) is 0 Å². The zero-order valence-electron chi connectivity index (χ0n) is 9.45. The van der Waals surface area contributed by atoms with Crippen LogP contribution in [0.5, 0.6) is 0 Å². The van der Waals surface area contributed by atoms with Crippen molar-refractivity contribution < 1.29 is 0 Å². The fraction of sp³-hybridized carbons (Fsp3) is 0. The second-order valence-electron chi connectivity index (χ2n) is 3.91. The predicted octanol–water partition coefficient (Wildman–Crippen LogP) is 6.11. The average molecular weight is 374 g/mol. The maximum absolute atomic E-state index is 5.97. The van der Waals surface area contributed by atoms with E-state index < -0.39 is 0 Å². The molecule has 0 bridgehead atoms. The number of thiazole rings is 1. The number of anilines is 2. The third-order valence-electron chi connectivity index (χ3n) is 2.46. The van der Waals surface area contributed by atoms with Crippen LogP contribution in [0.25, 0.3) is 10.2 Å². The first-order valence-corrected chi connectivity index (χ1v) is 7.76. The average Bonchev–Trinajstić information content (AvgIpc) is 2.68. The summed E-state index contributed by atoms with van der Waals surface area (Å²) in [5, 5.41) is 5.22. The number of hydrogen-bond acceptors (Lipinski definition) is 3. The van der Waals surface area contributed by atoms with Gasteiger partial charge in [0.15, 0.2) is 5.13 Å². The molecule has 0 atom stereocenters. The highest BCUT2D eigenvalue weighted by Crippen LogP contribution is 2.31. The summed E-state index contributed by atoms with van der Waals surface area (Å²) >= 11 is 17.0. The van der Waals surface area contributed by atoms with Gasteiger partial charge in [0.05, 0.1) is 10.2 Å². The van der Waals surface area contributed by atoms with Gasteiger partial charge in [0, 0.05) is 20.2 Å². The molecule has 3 aromatic rings. The number of aromatic nitrogens is 1. The Morgan fingerprint density at radius 3 is 2.53 bits per heavy atom. The number of hydrogen-bond donors (Lipinski definition) is 1. The lowest BCUT2D eigenvalue weighted by atomic mass is 10.3. The second kappa shape index (κ2) is 5.29. The van der Waals surface area contributed by atoms with Crippen molar-refractivity contribution in [3.63, 3.8) is 0 Å². The fourth-order valence-electron chi connectivity index (χ4n) is 1.70. The lowest BCUT2D eigenvalue weighted by Gasteiger charge is -2.03. The summed E-state index contributed by atoms with van der Waals surface area (Å²) in [7, 11) is 0. The number of halogens is 3. The molecule has 19 heavy (non-hydrogen) atoms. The molecule has 0 saturated carbocycles. The van der Waals surface area contributed by atoms with Crippen molar-refractivity contribution >= 4 is 71.5 Å². The summed E-state index contributed by atoms with van der Waals surface area (Å²) in [6.07, 6.45) is 0. The van der Waals surface area contributed by atoms with E-state index in [1.807, 2.05) is 30.3 Å². The topological polar surface area (TPSA) is 24.9 Å². The molecule has 0 aliphatic rings. The number of nitrogens with one attached hydrogen (secondary N) is 1. The van der Waals surface area contributed by atoms with Gasteiger partial charge in [-0.3, -0.25) is 0 Å². The molecular weight excluding hydrogens is 367 g/mol. The van der Waals surface area contributed by atoms with E-state index in [0.717, 1.165) is 25.5 Å². The Morgan fingerprint density at radius 1 is 1.05 bits per heavy atom. The van der Waals surface area contributed by atoms with Crippen molar-refractivity contribution in [2.24, 2.45) is 0 Å². The normalized spacial score (nSPS) is 10.9. The van der Waals surface area contributed by atoms with Crippen LogP contribution in [0.2, 0.25) is 10.0 Å². The molecule has 0 unspecified atom stereocenters. The Hall–Kier alpha value is -0.810. The van der Waals surface area contributed by atoms with Crippen LogP contribution in [0.1, 0.15) is 0 Å². The lowest BCUT2D eigenvalue weighted by Crippen LogP contribution is -1.88. The minimum absolute atomic E-state index is 0.596. The van der Waals surface area contributed by atoms with Crippen LogP contribution < -0.4 is 5.32 Å². The summed E-state index contributed by atoms with van der Waals surface area (Å²) in [6.45, 7) is 0. The van der Waals surface area contributed by atoms with Crippen LogP contribution in [-0.2, 0) is 0 Å². The summed E-state index contributed by atoms with van der Waals surface area (Å²) < 4.78 is 2.14. The molecule has 0 aliphatic carbocycles. The minimum atomic E-state index is 0.596. The van der Waals surface area contributed by atoms with Gasteiger partial charge < -0.3 is 5.32 Å². The molecular formula is C13H7BrCl2N2S. The zero-order chi connectivity index (χ0) is 13.4. The van der Waals surface area contributed by atoms with Crippen LogP contribution >= 0.6 is 50.5 Å². The van der Waals surface area contributed by atoms with Crippen LogP contribution in [0, 0.1) is 0 Å².